The molecule has 1 saturated heterocycles. The first-order valence-corrected chi connectivity index (χ1v) is 5.65. The van der Waals surface area contributed by atoms with Crippen LogP contribution in [0, 0.1) is 5.92 Å². The first-order valence-electron chi connectivity index (χ1n) is 5.65. The first-order chi connectivity index (χ1) is 7.69. The molecule has 1 amide bonds. The summed E-state index contributed by atoms with van der Waals surface area (Å²) >= 11 is 0. The molecule has 1 aliphatic heterocycles. The van der Waals surface area contributed by atoms with E-state index >= 15 is 0 Å². The van der Waals surface area contributed by atoms with Crippen LogP contribution in [0.4, 0.5) is 13.6 Å². The summed E-state index contributed by atoms with van der Waals surface area (Å²) in [6, 6.07) is -0.546. The van der Waals surface area contributed by atoms with E-state index in [9.17, 15) is 13.6 Å². The number of nitrogens with one attached hydrogen (secondary N) is 1. The molecule has 2 atom stereocenters. The van der Waals surface area contributed by atoms with Crippen molar-refractivity contribution in [2.75, 3.05) is 20.1 Å². The quantitative estimate of drug-likeness (QED) is 0.811. The second-order valence-electron chi connectivity index (χ2n) is 5.47. The molecule has 1 fully saturated rings. The van der Waals surface area contributed by atoms with E-state index in [0.717, 1.165) is 0 Å². The average Bonchev–Trinajstić information content (AvgIpc) is 2.42. The molecule has 100 valence electrons. The first kappa shape index (κ1) is 14.2. The van der Waals surface area contributed by atoms with Crippen molar-refractivity contribution < 1.29 is 18.3 Å². The fourth-order valence-corrected chi connectivity index (χ4v) is 1.90. The molecule has 0 saturated carbocycles. The van der Waals surface area contributed by atoms with Gasteiger partial charge in [-0.1, -0.05) is 0 Å². The van der Waals surface area contributed by atoms with Gasteiger partial charge in [-0.05, 0) is 27.8 Å². The van der Waals surface area contributed by atoms with Crippen LogP contribution in [0.3, 0.4) is 0 Å². The topological polar surface area (TPSA) is 41.6 Å². The summed E-state index contributed by atoms with van der Waals surface area (Å²) in [6.45, 7) is 5.92. The molecule has 1 rings (SSSR count). The number of carbonyl (C=O) groups is 1. The van der Waals surface area contributed by atoms with Gasteiger partial charge in [-0.2, -0.15) is 0 Å². The van der Waals surface area contributed by atoms with Gasteiger partial charge in [0.25, 0.3) is 0 Å². The Kier molecular flexibility index (Phi) is 4.30. The van der Waals surface area contributed by atoms with Crippen LogP contribution >= 0.6 is 0 Å². The van der Waals surface area contributed by atoms with E-state index in [0.29, 0.717) is 6.54 Å². The average molecular weight is 250 g/mol. The Bertz CT molecular complexity index is 279. The van der Waals surface area contributed by atoms with E-state index in [2.05, 4.69) is 5.32 Å². The van der Waals surface area contributed by atoms with E-state index in [1.165, 1.54) is 0 Å². The van der Waals surface area contributed by atoms with Crippen molar-refractivity contribution in [2.45, 2.75) is 38.8 Å². The highest BCUT2D eigenvalue weighted by Crippen LogP contribution is 2.22. The van der Waals surface area contributed by atoms with Crippen molar-refractivity contribution in [2.24, 2.45) is 5.92 Å². The Morgan fingerprint density at radius 3 is 2.47 bits per heavy atom. The minimum atomic E-state index is -2.43. The highest BCUT2D eigenvalue weighted by atomic mass is 19.3. The number of alkyl halides is 2. The van der Waals surface area contributed by atoms with E-state index in [1.54, 1.807) is 32.7 Å². The Balaban J connectivity index is 2.52. The summed E-state index contributed by atoms with van der Waals surface area (Å²) in [5.41, 5.74) is -0.616. The molecule has 0 unspecified atom stereocenters. The van der Waals surface area contributed by atoms with Gasteiger partial charge in [0, 0.05) is 13.1 Å². The van der Waals surface area contributed by atoms with Gasteiger partial charge >= 0.3 is 6.09 Å². The highest BCUT2D eigenvalue weighted by Gasteiger charge is 2.38. The van der Waals surface area contributed by atoms with E-state index in [-0.39, 0.29) is 6.54 Å². The lowest BCUT2D eigenvalue weighted by atomic mass is 10.1. The molecule has 0 aliphatic carbocycles. The van der Waals surface area contributed by atoms with Crippen LogP contribution in [0.25, 0.3) is 0 Å². The van der Waals surface area contributed by atoms with Crippen molar-refractivity contribution in [3.63, 3.8) is 0 Å². The van der Waals surface area contributed by atoms with E-state index in [4.69, 9.17) is 4.74 Å². The summed E-state index contributed by atoms with van der Waals surface area (Å²) in [5, 5.41) is 2.51. The molecule has 4 nitrogen and oxygen atoms in total. The van der Waals surface area contributed by atoms with Gasteiger partial charge in [0.15, 0.2) is 0 Å². The molecule has 1 N–H and O–H groups in total. The molecular weight excluding hydrogens is 230 g/mol. The molecule has 0 aromatic heterocycles. The Labute approximate surface area is 100 Å². The van der Waals surface area contributed by atoms with Crippen LogP contribution in [0.1, 0.15) is 20.8 Å². The predicted molar refractivity (Wildman–Crippen MR) is 60.1 cm³/mol. The summed E-state index contributed by atoms with van der Waals surface area (Å²) in [7, 11) is 1.76. The van der Waals surface area contributed by atoms with Crippen molar-refractivity contribution >= 4 is 6.09 Å². The number of rotatable bonds is 2. The minimum absolute atomic E-state index is 0.290. The van der Waals surface area contributed by atoms with E-state index in [1.807, 2.05) is 0 Å². The molecule has 0 radical (unpaired) electrons. The van der Waals surface area contributed by atoms with Crippen molar-refractivity contribution in [3.05, 3.63) is 0 Å². The summed E-state index contributed by atoms with van der Waals surface area (Å²) < 4.78 is 30.5. The molecule has 0 aromatic carbocycles. The Hall–Kier alpha value is -0.910. The number of ether oxygens (including phenoxy) is 1. The lowest BCUT2D eigenvalue weighted by Crippen LogP contribution is -2.44. The van der Waals surface area contributed by atoms with Crippen molar-refractivity contribution in [1.82, 2.24) is 10.2 Å². The van der Waals surface area contributed by atoms with Crippen molar-refractivity contribution in [1.29, 1.82) is 0 Å². The minimum Gasteiger partial charge on any atom is -0.444 e. The number of nitrogens with zero attached hydrogens (tertiary/aromatic N) is 1. The SMILES string of the molecule is CN1C[C@H](NC(=O)OC(C)(C)C)[C@@H](C(F)F)C1. The highest BCUT2D eigenvalue weighted by molar-refractivity contribution is 5.68. The smallest absolute Gasteiger partial charge is 0.407 e. The van der Waals surface area contributed by atoms with Crippen LogP contribution in [-0.4, -0.2) is 49.2 Å². The molecule has 0 spiro atoms. The summed E-state index contributed by atoms with van der Waals surface area (Å²) in [6.07, 6.45) is -3.07. The zero-order valence-electron chi connectivity index (χ0n) is 10.7. The zero-order chi connectivity index (χ0) is 13.2. The van der Waals surface area contributed by atoms with Crippen LogP contribution in [-0.2, 0) is 4.74 Å². The third kappa shape index (κ3) is 4.46. The maximum atomic E-state index is 12.7. The second kappa shape index (κ2) is 5.16. The number of hydrogen-bond acceptors (Lipinski definition) is 3. The fraction of sp³-hybridized carbons (Fsp3) is 0.909. The number of likely N-dealkylation sites (tertiary alicyclic amines) is 1. The largest absolute Gasteiger partial charge is 0.444 e. The fourth-order valence-electron chi connectivity index (χ4n) is 1.90. The molecule has 17 heavy (non-hydrogen) atoms. The van der Waals surface area contributed by atoms with Gasteiger partial charge in [0.2, 0.25) is 6.43 Å². The second-order valence-corrected chi connectivity index (χ2v) is 5.47. The molecule has 6 heteroatoms. The monoisotopic (exact) mass is 250 g/mol. The van der Waals surface area contributed by atoms with Gasteiger partial charge in [-0.3, -0.25) is 0 Å². The van der Waals surface area contributed by atoms with Crippen LogP contribution in [0.15, 0.2) is 0 Å². The van der Waals surface area contributed by atoms with Gasteiger partial charge in [0.05, 0.1) is 12.0 Å². The third-order valence-electron chi connectivity index (χ3n) is 2.57. The molecule has 0 aromatic rings. The normalized spacial score (nSPS) is 26.3. The van der Waals surface area contributed by atoms with Crippen molar-refractivity contribution in [3.8, 4) is 0 Å². The number of amides is 1. The van der Waals surface area contributed by atoms with Gasteiger partial charge in [-0.25, -0.2) is 13.6 Å². The lowest BCUT2D eigenvalue weighted by Gasteiger charge is -2.23. The lowest BCUT2D eigenvalue weighted by molar-refractivity contribution is 0.0408. The summed E-state index contributed by atoms with van der Waals surface area (Å²) in [5.74, 6) is -0.826. The van der Waals surface area contributed by atoms with Gasteiger partial charge < -0.3 is 15.0 Å². The molecule has 1 aliphatic rings. The standard InChI is InChI=1S/C11H20F2N2O2/c1-11(2,3)17-10(16)14-8-6-15(4)5-7(8)9(12)13/h7-9H,5-6H2,1-4H3,(H,14,16)/t7-,8-/m0/s1. The Morgan fingerprint density at radius 1 is 1.41 bits per heavy atom. The van der Waals surface area contributed by atoms with Gasteiger partial charge in [-0.15, -0.1) is 0 Å². The summed E-state index contributed by atoms with van der Waals surface area (Å²) in [4.78, 5) is 13.3. The number of alkyl carbamates (subject to hydrolysis) is 1. The maximum absolute atomic E-state index is 12.7. The third-order valence-corrected chi connectivity index (χ3v) is 2.57. The molecule has 0 bridgehead atoms. The predicted octanol–water partition coefficient (Wildman–Crippen LogP) is 1.71. The van der Waals surface area contributed by atoms with Crippen LogP contribution < -0.4 is 5.32 Å². The zero-order valence-corrected chi connectivity index (χ0v) is 10.7. The number of likely N-dealkylation sites (N-methyl/N-ethyl adjacent to an activating group) is 1. The van der Waals surface area contributed by atoms with E-state index < -0.39 is 30.1 Å². The van der Waals surface area contributed by atoms with Crippen LogP contribution in [0.5, 0.6) is 0 Å². The molecule has 1 heterocycles. The number of carbonyl (C=O) groups excluding carboxylic acids is 1. The van der Waals surface area contributed by atoms with Gasteiger partial charge in [0.1, 0.15) is 5.60 Å². The Morgan fingerprint density at radius 2 is 2.00 bits per heavy atom. The molecular formula is C11H20F2N2O2. The number of hydrogen-bond donors (Lipinski definition) is 1. The maximum Gasteiger partial charge on any atom is 0.407 e. The number of halogens is 2. The van der Waals surface area contributed by atoms with Crippen LogP contribution in [0.2, 0.25) is 0 Å².